The Balaban J connectivity index is 2.37. The van der Waals surface area contributed by atoms with Crippen LogP contribution in [0.5, 0.6) is 5.75 Å². The van der Waals surface area contributed by atoms with E-state index < -0.39 is 5.91 Å². The molecule has 0 radical (unpaired) electrons. The number of hydrogen-bond acceptors (Lipinski definition) is 3. The number of carbonyl (C=O) groups is 1. The van der Waals surface area contributed by atoms with Gasteiger partial charge in [0.05, 0.1) is 16.8 Å². The quantitative estimate of drug-likeness (QED) is 0.865. The van der Waals surface area contributed by atoms with Crippen LogP contribution in [-0.4, -0.2) is 17.5 Å². The third kappa shape index (κ3) is 3.65. The third-order valence-corrected chi connectivity index (χ3v) is 3.42. The number of hydrogen-bond donors (Lipinski definition) is 2. The van der Waals surface area contributed by atoms with E-state index in [-0.39, 0.29) is 11.0 Å². The number of anilines is 1. The predicted octanol–water partition coefficient (Wildman–Crippen LogP) is 3.44. The first-order valence-corrected chi connectivity index (χ1v) is 7.30. The highest BCUT2D eigenvalue weighted by Crippen LogP contribution is 2.36. The number of aromatic nitrogens is 1. The molecule has 0 spiro atoms. The van der Waals surface area contributed by atoms with Crippen molar-refractivity contribution in [3.63, 3.8) is 0 Å². The second-order valence-corrected chi connectivity index (χ2v) is 5.36. The highest BCUT2D eigenvalue weighted by molar-refractivity contribution is 9.10. The van der Waals surface area contributed by atoms with E-state index in [4.69, 9.17) is 16.3 Å². The van der Waals surface area contributed by atoms with Gasteiger partial charge in [0, 0.05) is 23.5 Å². The van der Waals surface area contributed by atoms with Crippen LogP contribution in [0.25, 0.3) is 0 Å². The molecule has 0 saturated heterocycles. The van der Waals surface area contributed by atoms with E-state index in [1.54, 1.807) is 12.1 Å². The highest BCUT2D eigenvalue weighted by Gasteiger charge is 2.15. The molecular formula is C14H12BrClN2O3. The molecule has 0 unspecified atom stereocenters. The van der Waals surface area contributed by atoms with Crippen LogP contribution in [0.2, 0.25) is 5.02 Å². The number of nitrogens with one attached hydrogen (secondary N) is 2. The van der Waals surface area contributed by atoms with Crippen LogP contribution >= 0.6 is 27.5 Å². The first kappa shape index (κ1) is 15.6. The molecule has 1 aromatic heterocycles. The topological polar surface area (TPSA) is 71.2 Å². The standard InChI is InChI=1S/C14H12BrClN2O3/c1-2-21-13-10(15)5-8(16)6-11(13)18-14(20)9-7-17-4-3-12(9)19/h3-7H,2H2,1H3,(H,17,19)(H,18,20). The predicted molar refractivity (Wildman–Crippen MR) is 85.3 cm³/mol. The van der Waals surface area contributed by atoms with Crippen molar-refractivity contribution in [2.75, 3.05) is 11.9 Å². The number of H-pyrrole nitrogens is 1. The number of carbonyl (C=O) groups excluding carboxylic acids is 1. The molecule has 0 aliphatic rings. The van der Waals surface area contributed by atoms with Crippen molar-refractivity contribution >= 4 is 39.1 Å². The van der Waals surface area contributed by atoms with Gasteiger partial charge in [-0.1, -0.05) is 11.6 Å². The van der Waals surface area contributed by atoms with Crippen LogP contribution in [0.4, 0.5) is 5.69 Å². The molecule has 2 rings (SSSR count). The molecule has 0 atom stereocenters. The monoisotopic (exact) mass is 370 g/mol. The Morgan fingerprint density at radius 3 is 2.90 bits per heavy atom. The van der Waals surface area contributed by atoms with E-state index in [2.05, 4.69) is 26.2 Å². The third-order valence-electron chi connectivity index (χ3n) is 2.61. The fraction of sp³-hybridized carbons (Fsp3) is 0.143. The molecule has 110 valence electrons. The minimum Gasteiger partial charge on any atom is -0.491 e. The Labute approximate surface area is 134 Å². The van der Waals surface area contributed by atoms with Gasteiger partial charge in [0.25, 0.3) is 5.91 Å². The summed E-state index contributed by atoms with van der Waals surface area (Å²) in [6.07, 6.45) is 2.80. The molecule has 0 aliphatic heterocycles. The Bertz CT molecular complexity index is 730. The summed E-state index contributed by atoms with van der Waals surface area (Å²) in [4.78, 5) is 26.5. The number of aromatic amines is 1. The molecule has 0 fully saturated rings. The molecule has 2 N–H and O–H groups in total. The maximum atomic E-state index is 12.2. The molecule has 0 aliphatic carbocycles. The number of rotatable bonds is 4. The van der Waals surface area contributed by atoms with Gasteiger partial charge in [0.2, 0.25) is 0 Å². The van der Waals surface area contributed by atoms with E-state index in [1.807, 2.05) is 6.92 Å². The largest absolute Gasteiger partial charge is 0.491 e. The first-order valence-electron chi connectivity index (χ1n) is 6.13. The van der Waals surface area contributed by atoms with E-state index >= 15 is 0 Å². The van der Waals surface area contributed by atoms with E-state index in [9.17, 15) is 9.59 Å². The Morgan fingerprint density at radius 1 is 1.48 bits per heavy atom. The fourth-order valence-electron chi connectivity index (χ4n) is 1.73. The summed E-state index contributed by atoms with van der Waals surface area (Å²) in [7, 11) is 0. The first-order chi connectivity index (χ1) is 10.0. The Hall–Kier alpha value is -1.79. The van der Waals surface area contributed by atoms with Crippen molar-refractivity contribution in [2.24, 2.45) is 0 Å². The van der Waals surface area contributed by atoms with Crippen molar-refractivity contribution in [3.05, 3.63) is 55.9 Å². The summed E-state index contributed by atoms with van der Waals surface area (Å²) in [5, 5.41) is 3.07. The molecule has 1 heterocycles. The summed E-state index contributed by atoms with van der Waals surface area (Å²) in [5.41, 5.74) is 0.0332. The maximum Gasteiger partial charge on any atom is 0.261 e. The molecule has 2 aromatic rings. The maximum absolute atomic E-state index is 12.2. The van der Waals surface area contributed by atoms with Gasteiger partial charge in [0.1, 0.15) is 5.56 Å². The molecule has 1 aromatic carbocycles. The van der Waals surface area contributed by atoms with Gasteiger partial charge in [-0.15, -0.1) is 0 Å². The second-order valence-electron chi connectivity index (χ2n) is 4.07. The minimum absolute atomic E-state index is 0.0102. The number of pyridine rings is 1. The summed E-state index contributed by atoms with van der Waals surface area (Å²) < 4.78 is 6.10. The van der Waals surface area contributed by atoms with E-state index in [0.29, 0.717) is 27.5 Å². The normalized spacial score (nSPS) is 10.2. The van der Waals surface area contributed by atoms with Gasteiger partial charge < -0.3 is 15.0 Å². The zero-order chi connectivity index (χ0) is 15.4. The number of benzene rings is 1. The highest BCUT2D eigenvalue weighted by atomic mass is 79.9. The zero-order valence-electron chi connectivity index (χ0n) is 11.1. The van der Waals surface area contributed by atoms with Crippen LogP contribution in [0.1, 0.15) is 17.3 Å². The van der Waals surface area contributed by atoms with Gasteiger partial charge in [-0.3, -0.25) is 9.59 Å². The molecule has 1 amide bonds. The van der Waals surface area contributed by atoms with Gasteiger partial charge in [-0.2, -0.15) is 0 Å². The van der Waals surface area contributed by atoms with Crippen molar-refractivity contribution in [2.45, 2.75) is 6.92 Å². The molecular weight excluding hydrogens is 360 g/mol. The fourth-order valence-corrected chi connectivity index (χ4v) is 2.65. The van der Waals surface area contributed by atoms with Crippen LogP contribution in [0.3, 0.4) is 0 Å². The lowest BCUT2D eigenvalue weighted by Crippen LogP contribution is -2.21. The summed E-state index contributed by atoms with van der Waals surface area (Å²) in [6.45, 7) is 2.25. The van der Waals surface area contributed by atoms with Gasteiger partial charge in [0.15, 0.2) is 11.2 Å². The van der Waals surface area contributed by atoms with Gasteiger partial charge in [-0.05, 0) is 35.0 Å². The average Bonchev–Trinajstić information content (AvgIpc) is 2.43. The lowest BCUT2D eigenvalue weighted by molar-refractivity contribution is 0.102. The second kappa shape index (κ2) is 6.78. The van der Waals surface area contributed by atoms with Gasteiger partial charge in [-0.25, -0.2) is 0 Å². The molecule has 7 heteroatoms. The van der Waals surface area contributed by atoms with E-state index in [0.717, 1.165) is 0 Å². The number of ether oxygens (including phenoxy) is 1. The Kier molecular flexibility index (Phi) is 5.03. The summed E-state index contributed by atoms with van der Waals surface area (Å²) in [6, 6.07) is 4.51. The molecule has 0 saturated carbocycles. The lowest BCUT2D eigenvalue weighted by atomic mass is 10.2. The van der Waals surface area contributed by atoms with Gasteiger partial charge >= 0.3 is 0 Å². The van der Waals surface area contributed by atoms with Crippen molar-refractivity contribution in [1.29, 1.82) is 0 Å². The van der Waals surface area contributed by atoms with Crippen LogP contribution in [0, 0.1) is 0 Å². The smallest absolute Gasteiger partial charge is 0.261 e. The van der Waals surface area contributed by atoms with Crippen LogP contribution in [-0.2, 0) is 0 Å². The zero-order valence-corrected chi connectivity index (χ0v) is 13.4. The van der Waals surface area contributed by atoms with E-state index in [1.165, 1.54) is 18.5 Å². The number of halogens is 2. The summed E-state index contributed by atoms with van der Waals surface area (Å²) in [5.74, 6) is -0.0745. The average molecular weight is 372 g/mol. The van der Waals surface area contributed by atoms with Crippen molar-refractivity contribution in [3.8, 4) is 5.75 Å². The number of amides is 1. The summed E-state index contributed by atoms with van der Waals surface area (Å²) >= 11 is 9.31. The SMILES string of the molecule is CCOc1c(Br)cc(Cl)cc1NC(=O)c1c[nH]ccc1=O. The van der Waals surface area contributed by atoms with Crippen molar-refractivity contribution in [1.82, 2.24) is 4.98 Å². The van der Waals surface area contributed by atoms with Crippen LogP contribution < -0.4 is 15.5 Å². The molecule has 0 bridgehead atoms. The van der Waals surface area contributed by atoms with Crippen molar-refractivity contribution < 1.29 is 9.53 Å². The Morgan fingerprint density at radius 2 is 2.24 bits per heavy atom. The molecule has 21 heavy (non-hydrogen) atoms. The van der Waals surface area contributed by atoms with Crippen LogP contribution in [0.15, 0.2) is 39.9 Å². The molecule has 5 nitrogen and oxygen atoms in total. The lowest BCUT2D eigenvalue weighted by Gasteiger charge is -2.13. The minimum atomic E-state index is -0.535.